The number of hydrogen-bond donors (Lipinski definition) is 1. The first-order valence-corrected chi connectivity index (χ1v) is 8.96. The molecule has 0 saturated heterocycles. The second kappa shape index (κ2) is 5.12. The van der Waals surface area contributed by atoms with Crippen molar-refractivity contribution in [3.63, 3.8) is 0 Å². The molecule has 3 fully saturated rings. The Balaban J connectivity index is 1.45. The van der Waals surface area contributed by atoms with Crippen LogP contribution in [0.1, 0.15) is 51.8 Å². The van der Waals surface area contributed by atoms with E-state index in [0.29, 0.717) is 12.1 Å². The highest BCUT2D eigenvalue weighted by atomic mass is 15.3. The number of fused-ring (bicyclic) bond motifs is 5. The molecule has 0 radical (unpaired) electrons. The lowest BCUT2D eigenvalue weighted by atomic mass is 9.95. The van der Waals surface area contributed by atoms with Crippen LogP contribution in [0.3, 0.4) is 0 Å². The molecular formula is C18H29N3. The maximum atomic E-state index is 4.77. The van der Waals surface area contributed by atoms with Crippen LogP contribution in [0.4, 0.5) is 0 Å². The van der Waals surface area contributed by atoms with Gasteiger partial charge in [-0.3, -0.25) is 4.68 Å². The molecule has 5 unspecified atom stereocenters. The van der Waals surface area contributed by atoms with Gasteiger partial charge in [0.2, 0.25) is 0 Å². The van der Waals surface area contributed by atoms with Crippen molar-refractivity contribution in [2.45, 2.75) is 58.5 Å². The summed E-state index contributed by atoms with van der Waals surface area (Å²) < 4.78 is 2.09. The zero-order chi connectivity index (χ0) is 14.6. The first kappa shape index (κ1) is 13.8. The van der Waals surface area contributed by atoms with Crippen molar-refractivity contribution in [2.75, 3.05) is 6.54 Å². The summed E-state index contributed by atoms with van der Waals surface area (Å²) in [4.78, 5) is 0. The van der Waals surface area contributed by atoms with Crippen LogP contribution in [-0.4, -0.2) is 22.4 Å². The average Bonchev–Trinajstić information content (AvgIpc) is 2.86. The molecule has 1 N–H and O–H groups in total. The number of likely N-dealkylation sites (N-methyl/N-ethyl adjacent to an activating group) is 1. The zero-order valence-corrected chi connectivity index (χ0v) is 13.6. The molecule has 1 aromatic rings. The Hall–Kier alpha value is -0.830. The van der Waals surface area contributed by atoms with Crippen LogP contribution >= 0.6 is 0 Å². The third-order valence-electron chi connectivity index (χ3n) is 6.35. The van der Waals surface area contributed by atoms with Crippen molar-refractivity contribution in [1.82, 2.24) is 15.1 Å². The Labute approximate surface area is 128 Å². The summed E-state index contributed by atoms with van der Waals surface area (Å²) in [5, 5.41) is 8.55. The van der Waals surface area contributed by atoms with Crippen LogP contribution in [0, 0.1) is 29.6 Å². The number of rotatable bonds is 6. The smallest absolute Gasteiger partial charge is 0.0640 e. The SMILES string of the molecule is CCNC(Cc1ccn(C(C)C)n1)C1C2C3CCC(C3)C21. The van der Waals surface area contributed by atoms with E-state index in [4.69, 9.17) is 5.10 Å². The maximum Gasteiger partial charge on any atom is 0.0640 e. The molecule has 1 aromatic heterocycles. The van der Waals surface area contributed by atoms with Gasteiger partial charge in [0, 0.05) is 24.7 Å². The van der Waals surface area contributed by atoms with Gasteiger partial charge in [0.1, 0.15) is 0 Å². The standard InChI is InChI=1S/C18H29N3/c1-4-19-15(10-14-7-8-21(20-14)11(2)3)18-16-12-5-6-13(9-12)17(16)18/h7-8,11-13,15-19H,4-6,9-10H2,1-3H3. The van der Waals surface area contributed by atoms with E-state index in [0.717, 1.165) is 42.6 Å². The van der Waals surface area contributed by atoms with Gasteiger partial charge in [-0.2, -0.15) is 5.10 Å². The lowest BCUT2D eigenvalue weighted by molar-refractivity contribution is 0.362. The minimum Gasteiger partial charge on any atom is -0.314 e. The second-order valence-electron chi connectivity index (χ2n) is 7.81. The van der Waals surface area contributed by atoms with Gasteiger partial charge in [0.25, 0.3) is 0 Å². The van der Waals surface area contributed by atoms with Crippen LogP contribution in [0.5, 0.6) is 0 Å². The topological polar surface area (TPSA) is 29.9 Å². The fourth-order valence-corrected chi connectivity index (χ4v) is 5.54. The molecular weight excluding hydrogens is 258 g/mol. The maximum absolute atomic E-state index is 4.77. The molecule has 0 aromatic carbocycles. The van der Waals surface area contributed by atoms with Crippen molar-refractivity contribution < 1.29 is 0 Å². The molecule has 2 bridgehead atoms. The molecule has 3 aliphatic rings. The summed E-state index contributed by atoms with van der Waals surface area (Å²) >= 11 is 0. The van der Waals surface area contributed by atoms with Crippen LogP contribution < -0.4 is 5.32 Å². The van der Waals surface area contributed by atoms with Gasteiger partial charge in [-0.15, -0.1) is 0 Å². The van der Waals surface area contributed by atoms with Crippen molar-refractivity contribution in [1.29, 1.82) is 0 Å². The summed E-state index contributed by atoms with van der Waals surface area (Å²) in [6.07, 6.45) is 7.84. The Bertz CT molecular complexity index is 490. The van der Waals surface area contributed by atoms with E-state index < -0.39 is 0 Å². The van der Waals surface area contributed by atoms with Gasteiger partial charge in [-0.05, 0) is 75.3 Å². The van der Waals surface area contributed by atoms with E-state index in [-0.39, 0.29) is 0 Å². The minimum absolute atomic E-state index is 0.465. The van der Waals surface area contributed by atoms with Crippen LogP contribution in [-0.2, 0) is 6.42 Å². The van der Waals surface area contributed by atoms with E-state index >= 15 is 0 Å². The van der Waals surface area contributed by atoms with Crippen LogP contribution in [0.15, 0.2) is 12.3 Å². The quantitative estimate of drug-likeness (QED) is 0.870. The molecule has 116 valence electrons. The number of hydrogen-bond acceptors (Lipinski definition) is 2. The van der Waals surface area contributed by atoms with E-state index in [2.05, 4.69) is 43.0 Å². The average molecular weight is 287 g/mol. The minimum atomic E-state index is 0.465. The number of nitrogens with one attached hydrogen (secondary N) is 1. The molecule has 21 heavy (non-hydrogen) atoms. The lowest BCUT2D eigenvalue weighted by Gasteiger charge is -2.20. The largest absolute Gasteiger partial charge is 0.314 e. The summed E-state index contributed by atoms with van der Waals surface area (Å²) in [5.41, 5.74) is 1.27. The van der Waals surface area contributed by atoms with Crippen molar-refractivity contribution in [2.24, 2.45) is 29.6 Å². The van der Waals surface area contributed by atoms with Gasteiger partial charge in [-0.25, -0.2) is 0 Å². The fraction of sp³-hybridized carbons (Fsp3) is 0.833. The molecule has 4 rings (SSSR count). The van der Waals surface area contributed by atoms with Crippen LogP contribution in [0.2, 0.25) is 0 Å². The summed E-state index contributed by atoms with van der Waals surface area (Å²) in [6.45, 7) is 7.72. The summed E-state index contributed by atoms with van der Waals surface area (Å²) in [6, 6.07) is 3.34. The van der Waals surface area contributed by atoms with Gasteiger partial charge >= 0.3 is 0 Å². The number of nitrogens with zero attached hydrogens (tertiary/aromatic N) is 2. The molecule has 3 heteroatoms. The highest BCUT2D eigenvalue weighted by Crippen LogP contribution is 2.70. The van der Waals surface area contributed by atoms with E-state index in [1.54, 1.807) is 6.42 Å². The Morgan fingerprint density at radius 1 is 1.29 bits per heavy atom. The van der Waals surface area contributed by atoms with Gasteiger partial charge in [0.05, 0.1) is 5.69 Å². The van der Waals surface area contributed by atoms with Crippen molar-refractivity contribution in [3.05, 3.63) is 18.0 Å². The monoisotopic (exact) mass is 287 g/mol. The Morgan fingerprint density at radius 2 is 2.00 bits per heavy atom. The zero-order valence-electron chi connectivity index (χ0n) is 13.6. The summed E-state index contributed by atoms with van der Waals surface area (Å²) in [7, 11) is 0. The first-order valence-electron chi connectivity index (χ1n) is 8.96. The van der Waals surface area contributed by atoms with E-state index in [9.17, 15) is 0 Å². The van der Waals surface area contributed by atoms with Crippen LogP contribution in [0.25, 0.3) is 0 Å². The predicted octanol–water partition coefficient (Wildman–Crippen LogP) is 3.28. The summed E-state index contributed by atoms with van der Waals surface area (Å²) in [5.74, 6) is 5.19. The predicted molar refractivity (Wildman–Crippen MR) is 85.1 cm³/mol. The molecule has 0 aliphatic heterocycles. The molecule has 3 aliphatic carbocycles. The molecule has 1 heterocycles. The highest BCUT2D eigenvalue weighted by molar-refractivity contribution is 5.17. The van der Waals surface area contributed by atoms with E-state index in [1.165, 1.54) is 18.5 Å². The van der Waals surface area contributed by atoms with Gasteiger partial charge in [-0.1, -0.05) is 6.92 Å². The van der Waals surface area contributed by atoms with Gasteiger partial charge in [0.15, 0.2) is 0 Å². The molecule has 0 amide bonds. The second-order valence-corrected chi connectivity index (χ2v) is 7.81. The first-order chi connectivity index (χ1) is 10.2. The molecule has 0 spiro atoms. The molecule has 3 saturated carbocycles. The molecule has 5 atom stereocenters. The normalized spacial score (nSPS) is 38.0. The number of aromatic nitrogens is 2. The third-order valence-corrected chi connectivity index (χ3v) is 6.35. The van der Waals surface area contributed by atoms with Crippen molar-refractivity contribution in [3.8, 4) is 0 Å². The van der Waals surface area contributed by atoms with E-state index in [1.807, 2.05) is 0 Å². The fourth-order valence-electron chi connectivity index (χ4n) is 5.54. The lowest BCUT2D eigenvalue weighted by Crippen LogP contribution is -2.35. The Morgan fingerprint density at radius 3 is 2.57 bits per heavy atom. The Kier molecular flexibility index (Phi) is 3.36. The van der Waals surface area contributed by atoms with Gasteiger partial charge < -0.3 is 5.32 Å². The van der Waals surface area contributed by atoms with Crippen molar-refractivity contribution >= 4 is 0 Å². The third kappa shape index (κ3) is 2.25. The molecule has 3 nitrogen and oxygen atoms in total. The highest BCUT2D eigenvalue weighted by Gasteiger charge is 2.66.